The van der Waals surface area contributed by atoms with Crippen molar-refractivity contribution >= 4 is 43.9 Å². The fourth-order valence-corrected chi connectivity index (χ4v) is 5.67. The lowest BCUT2D eigenvalue weighted by Gasteiger charge is -2.15. The standard InChI is InChI=1S/C27H20Cl2N4O3S/c1-16-4-5-17(10-22(16)28)20-13-25(36-2)21(12-23(20)29)27-19-7-6-18(11-24(19)32-15-33-27)37(34,35)14-26-30-8-3-9-31-26/h3-13,15H,14H2,1-2H3. The quantitative estimate of drug-likeness (QED) is 0.243. The second kappa shape index (κ2) is 10.0. The fraction of sp³-hybridized carbons (Fsp3) is 0.111. The third-order valence-corrected chi connectivity index (χ3v) is 8.26. The van der Waals surface area contributed by atoms with Gasteiger partial charge >= 0.3 is 0 Å². The zero-order chi connectivity index (χ0) is 26.2. The molecule has 0 aliphatic carbocycles. The van der Waals surface area contributed by atoms with E-state index in [0.29, 0.717) is 38.0 Å². The van der Waals surface area contributed by atoms with Crippen molar-refractivity contribution in [2.24, 2.45) is 0 Å². The normalized spacial score (nSPS) is 11.6. The Balaban J connectivity index is 1.58. The average Bonchev–Trinajstić information content (AvgIpc) is 2.90. The van der Waals surface area contributed by atoms with Gasteiger partial charge in [-0.05, 0) is 60.5 Å². The number of aromatic nitrogens is 4. The summed E-state index contributed by atoms with van der Waals surface area (Å²) in [7, 11) is -2.12. The van der Waals surface area contributed by atoms with Crippen LogP contribution in [0.3, 0.4) is 0 Å². The van der Waals surface area contributed by atoms with Crippen LogP contribution in [0.15, 0.2) is 78.2 Å². The number of methoxy groups -OCH3 is 1. The van der Waals surface area contributed by atoms with Crippen molar-refractivity contribution in [1.82, 2.24) is 19.9 Å². The van der Waals surface area contributed by atoms with Crippen LogP contribution in [0.25, 0.3) is 33.3 Å². The van der Waals surface area contributed by atoms with Crippen molar-refractivity contribution in [3.05, 3.63) is 94.8 Å². The highest BCUT2D eigenvalue weighted by molar-refractivity contribution is 7.90. The van der Waals surface area contributed by atoms with Gasteiger partial charge in [0, 0.05) is 39.0 Å². The van der Waals surface area contributed by atoms with Crippen LogP contribution < -0.4 is 4.74 Å². The summed E-state index contributed by atoms with van der Waals surface area (Å²) in [6, 6.07) is 15.7. The molecule has 0 saturated carbocycles. The zero-order valence-corrected chi connectivity index (χ0v) is 22.1. The molecule has 5 aromatic rings. The Morgan fingerprint density at radius 1 is 0.865 bits per heavy atom. The molecule has 0 saturated heterocycles. The number of aryl methyl sites for hydroxylation is 1. The largest absolute Gasteiger partial charge is 0.496 e. The predicted octanol–water partition coefficient (Wildman–Crippen LogP) is 6.35. The molecule has 0 aliphatic heterocycles. The highest BCUT2D eigenvalue weighted by atomic mass is 35.5. The molecular formula is C27H20Cl2N4O3S. The first-order chi connectivity index (χ1) is 17.8. The maximum absolute atomic E-state index is 13.0. The molecule has 10 heteroatoms. The van der Waals surface area contributed by atoms with E-state index in [1.165, 1.54) is 30.9 Å². The molecule has 0 spiro atoms. The van der Waals surface area contributed by atoms with Crippen LogP contribution >= 0.6 is 23.2 Å². The van der Waals surface area contributed by atoms with Gasteiger partial charge in [-0.1, -0.05) is 35.3 Å². The van der Waals surface area contributed by atoms with Crippen LogP contribution in [0.1, 0.15) is 11.4 Å². The summed E-state index contributed by atoms with van der Waals surface area (Å²) in [5, 5.41) is 1.78. The molecule has 2 aromatic heterocycles. The highest BCUT2D eigenvalue weighted by Gasteiger charge is 2.20. The predicted molar refractivity (Wildman–Crippen MR) is 145 cm³/mol. The minimum atomic E-state index is -3.69. The van der Waals surface area contributed by atoms with Crippen molar-refractivity contribution in [2.45, 2.75) is 17.6 Å². The molecule has 0 unspecified atom stereocenters. The van der Waals surface area contributed by atoms with Crippen LogP contribution in [-0.4, -0.2) is 35.5 Å². The molecule has 2 heterocycles. The first-order valence-corrected chi connectivity index (χ1v) is 13.6. The Hall–Kier alpha value is -3.59. The van der Waals surface area contributed by atoms with Crippen molar-refractivity contribution < 1.29 is 13.2 Å². The maximum Gasteiger partial charge on any atom is 0.185 e. The van der Waals surface area contributed by atoms with Gasteiger partial charge in [0.2, 0.25) is 0 Å². The number of hydrogen-bond acceptors (Lipinski definition) is 7. The Morgan fingerprint density at radius 3 is 2.38 bits per heavy atom. The number of hydrogen-bond donors (Lipinski definition) is 0. The van der Waals surface area contributed by atoms with Gasteiger partial charge in [-0.15, -0.1) is 0 Å². The van der Waals surface area contributed by atoms with Crippen LogP contribution in [0.4, 0.5) is 0 Å². The van der Waals surface area contributed by atoms with Gasteiger partial charge in [-0.2, -0.15) is 0 Å². The lowest BCUT2D eigenvalue weighted by Crippen LogP contribution is -2.08. The number of rotatable bonds is 6. The van der Waals surface area contributed by atoms with Gasteiger partial charge < -0.3 is 4.74 Å². The van der Waals surface area contributed by atoms with Gasteiger partial charge in [0.25, 0.3) is 0 Å². The topological polar surface area (TPSA) is 94.9 Å². The lowest BCUT2D eigenvalue weighted by molar-refractivity contribution is 0.416. The van der Waals surface area contributed by atoms with Crippen molar-refractivity contribution in [3.8, 4) is 28.1 Å². The van der Waals surface area contributed by atoms with E-state index in [1.54, 1.807) is 25.3 Å². The molecule has 0 radical (unpaired) electrons. The molecule has 3 aromatic carbocycles. The molecule has 186 valence electrons. The Bertz CT molecular complexity index is 1750. The molecule has 0 aliphatic rings. The summed E-state index contributed by atoms with van der Waals surface area (Å²) in [5.74, 6) is 0.458. The Morgan fingerprint density at radius 2 is 1.65 bits per heavy atom. The molecule has 7 nitrogen and oxygen atoms in total. The minimum Gasteiger partial charge on any atom is -0.496 e. The van der Waals surface area contributed by atoms with Crippen LogP contribution in [0, 0.1) is 6.92 Å². The molecule has 0 fully saturated rings. The van der Waals surface area contributed by atoms with Gasteiger partial charge in [0.15, 0.2) is 9.84 Å². The van der Waals surface area contributed by atoms with E-state index in [2.05, 4.69) is 19.9 Å². The van der Waals surface area contributed by atoms with E-state index < -0.39 is 9.84 Å². The zero-order valence-electron chi connectivity index (χ0n) is 19.8. The summed E-state index contributed by atoms with van der Waals surface area (Å²) >= 11 is 13.0. The van der Waals surface area contributed by atoms with Crippen LogP contribution in [0.5, 0.6) is 5.75 Å². The summed E-state index contributed by atoms with van der Waals surface area (Å²) in [6.07, 6.45) is 4.40. The lowest BCUT2D eigenvalue weighted by atomic mass is 9.99. The number of sulfone groups is 1. The smallest absolute Gasteiger partial charge is 0.185 e. The van der Waals surface area contributed by atoms with Gasteiger partial charge in [0.05, 0.1) is 23.2 Å². The maximum atomic E-state index is 13.0. The van der Waals surface area contributed by atoms with Crippen LogP contribution in [-0.2, 0) is 15.6 Å². The minimum absolute atomic E-state index is 0.119. The average molecular weight is 551 g/mol. The van der Waals surface area contributed by atoms with Crippen molar-refractivity contribution in [3.63, 3.8) is 0 Å². The Labute approximate surface area is 224 Å². The van der Waals surface area contributed by atoms with E-state index in [-0.39, 0.29) is 16.5 Å². The van der Waals surface area contributed by atoms with Crippen LogP contribution in [0.2, 0.25) is 10.0 Å². The number of ether oxygens (including phenoxy) is 1. The van der Waals surface area contributed by atoms with Gasteiger partial charge in [-0.3, -0.25) is 0 Å². The molecule has 5 rings (SSSR count). The number of nitrogens with zero attached hydrogens (tertiary/aromatic N) is 4. The molecule has 0 N–H and O–H groups in total. The van der Waals surface area contributed by atoms with Gasteiger partial charge in [-0.25, -0.2) is 28.4 Å². The molecule has 0 atom stereocenters. The fourth-order valence-electron chi connectivity index (χ4n) is 3.99. The summed E-state index contributed by atoms with van der Waals surface area (Å²) in [4.78, 5) is 17.0. The van der Waals surface area contributed by atoms with Crippen molar-refractivity contribution in [1.29, 1.82) is 0 Å². The van der Waals surface area contributed by atoms with E-state index in [1.807, 2.05) is 31.2 Å². The first kappa shape index (κ1) is 25.1. The summed E-state index contributed by atoms with van der Waals surface area (Å²) in [5.41, 5.74) is 4.26. The highest BCUT2D eigenvalue weighted by Crippen LogP contribution is 2.41. The number of benzene rings is 3. The van der Waals surface area contributed by atoms with Gasteiger partial charge in [0.1, 0.15) is 23.7 Å². The second-order valence-electron chi connectivity index (χ2n) is 8.32. The summed E-state index contributed by atoms with van der Waals surface area (Å²) in [6.45, 7) is 1.93. The van der Waals surface area contributed by atoms with E-state index in [4.69, 9.17) is 27.9 Å². The Kier molecular flexibility index (Phi) is 6.81. The monoisotopic (exact) mass is 550 g/mol. The van der Waals surface area contributed by atoms with Crippen molar-refractivity contribution in [2.75, 3.05) is 7.11 Å². The van der Waals surface area contributed by atoms with E-state index >= 15 is 0 Å². The molecule has 0 amide bonds. The van der Waals surface area contributed by atoms with E-state index in [0.717, 1.165) is 16.7 Å². The molecule has 0 bridgehead atoms. The van der Waals surface area contributed by atoms with E-state index in [9.17, 15) is 8.42 Å². The summed E-state index contributed by atoms with van der Waals surface area (Å²) < 4.78 is 31.7. The second-order valence-corrected chi connectivity index (χ2v) is 11.1. The SMILES string of the molecule is COc1cc(-c2ccc(C)c(Cl)c2)c(Cl)cc1-c1ncnc2cc(S(=O)(=O)Cc3ncccn3)ccc12. The number of halogens is 2. The third kappa shape index (κ3) is 5.00. The molecule has 37 heavy (non-hydrogen) atoms. The first-order valence-electron chi connectivity index (χ1n) is 11.1. The third-order valence-electron chi connectivity index (χ3n) is 5.93. The number of fused-ring (bicyclic) bond motifs is 1. The molecular weight excluding hydrogens is 531 g/mol.